The summed E-state index contributed by atoms with van der Waals surface area (Å²) in [5.74, 6) is -0.400. The van der Waals surface area contributed by atoms with Crippen molar-refractivity contribution in [3.05, 3.63) is 17.7 Å². The third-order valence-corrected chi connectivity index (χ3v) is 8.38. The van der Waals surface area contributed by atoms with E-state index in [1.54, 1.807) is 12.1 Å². The maximum absolute atomic E-state index is 14.4. The van der Waals surface area contributed by atoms with Gasteiger partial charge in [0.05, 0.1) is 24.8 Å². The largest absolute Gasteiger partial charge is 0.493 e. The summed E-state index contributed by atoms with van der Waals surface area (Å²) in [7, 11) is 4.91. The molecular formula is C23H28N2O7. The van der Waals surface area contributed by atoms with Gasteiger partial charge < -0.3 is 29.0 Å². The number of carbonyl (C=O) groups is 2. The molecule has 5 aliphatic rings. The molecule has 1 N–H and O–H groups in total. The molecule has 9 heteroatoms. The monoisotopic (exact) mass is 444 g/mol. The molecule has 172 valence electrons. The first-order chi connectivity index (χ1) is 15.3. The molecule has 0 aromatic heterocycles. The fourth-order valence-corrected chi connectivity index (χ4v) is 6.98. The minimum Gasteiger partial charge on any atom is -0.493 e. The SMILES string of the molecule is COc1ccc2c3c1O[C@H](OC)C(=O)N3[C@]1(O)[C@@H]3O[C@H](C)[C@@H]4C(=O)[C@]21CCN(C)CC[C@@H]43. The topological polar surface area (TPSA) is 97.8 Å². The van der Waals surface area contributed by atoms with Gasteiger partial charge in [0.2, 0.25) is 0 Å². The lowest BCUT2D eigenvalue weighted by Crippen LogP contribution is -2.74. The predicted octanol–water partition coefficient (Wildman–Crippen LogP) is 0.661. The van der Waals surface area contributed by atoms with E-state index in [0.717, 1.165) is 6.54 Å². The van der Waals surface area contributed by atoms with Crippen molar-refractivity contribution in [2.75, 3.05) is 39.3 Å². The highest BCUT2D eigenvalue weighted by Gasteiger charge is 2.79. The van der Waals surface area contributed by atoms with E-state index >= 15 is 0 Å². The zero-order valence-electron chi connectivity index (χ0n) is 18.7. The molecule has 4 aliphatic heterocycles. The summed E-state index contributed by atoms with van der Waals surface area (Å²) in [6.45, 7) is 3.30. The van der Waals surface area contributed by atoms with Crippen LogP contribution >= 0.6 is 0 Å². The lowest BCUT2D eigenvalue weighted by molar-refractivity contribution is -0.180. The number of ether oxygens (including phenoxy) is 4. The smallest absolute Gasteiger partial charge is 0.299 e. The number of rotatable bonds is 2. The summed E-state index contributed by atoms with van der Waals surface area (Å²) >= 11 is 0. The van der Waals surface area contributed by atoms with Crippen LogP contribution < -0.4 is 14.4 Å². The Bertz CT molecular complexity index is 1030. The molecule has 4 bridgehead atoms. The number of Topliss-reactive ketones (excluding diaryl/α,β-unsaturated/α-hetero) is 1. The number of hydrogen-bond acceptors (Lipinski definition) is 8. The van der Waals surface area contributed by atoms with Gasteiger partial charge in [0.1, 0.15) is 11.5 Å². The lowest BCUT2D eigenvalue weighted by atomic mass is 9.55. The van der Waals surface area contributed by atoms with E-state index < -0.39 is 29.4 Å². The Morgan fingerprint density at radius 2 is 2.00 bits per heavy atom. The van der Waals surface area contributed by atoms with E-state index in [2.05, 4.69) is 4.90 Å². The molecule has 0 unspecified atom stereocenters. The minimum absolute atomic E-state index is 0.0508. The molecule has 1 saturated carbocycles. The van der Waals surface area contributed by atoms with E-state index in [-0.39, 0.29) is 23.7 Å². The van der Waals surface area contributed by atoms with Crippen LogP contribution in [-0.2, 0) is 24.5 Å². The second kappa shape index (κ2) is 6.44. The first kappa shape index (κ1) is 20.4. The number of ketones is 1. The van der Waals surface area contributed by atoms with Gasteiger partial charge in [-0.05, 0) is 51.5 Å². The Morgan fingerprint density at radius 1 is 1.22 bits per heavy atom. The van der Waals surface area contributed by atoms with E-state index in [9.17, 15) is 14.7 Å². The molecule has 0 radical (unpaired) electrons. The molecule has 2 saturated heterocycles. The highest BCUT2D eigenvalue weighted by molar-refractivity contribution is 6.11. The Morgan fingerprint density at radius 3 is 2.72 bits per heavy atom. The van der Waals surface area contributed by atoms with Crippen LogP contribution in [0.1, 0.15) is 25.3 Å². The number of aliphatic hydroxyl groups is 1. The fraction of sp³-hybridized carbons (Fsp3) is 0.652. The number of nitrogens with zero attached hydrogens (tertiary/aromatic N) is 2. The van der Waals surface area contributed by atoms with Crippen LogP contribution in [0.5, 0.6) is 11.5 Å². The highest BCUT2D eigenvalue weighted by Crippen LogP contribution is 2.67. The maximum Gasteiger partial charge on any atom is 0.299 e. The lowest BCUT2D eigenvalue weighted by Gasteiger charge is -2.53. The fourth-order valence-electron chi connectivity index (χ4n) is 6.98. The van der Waals surface area contributed by atoms with Gasteiger partial charge in [-0.2, -0.15) is 0 Å². The van der Waals surface area contributed by atoms with Gasteiger partial charge in [-0.25, -0.2) is 0 Å². The maximum atomic E-state index is 14.4. The van der Waals surface area contributed by atoms with Gasteiger partial charge in [-0.15, -0.1) is 0 Å². The van der Waals surface area contributed by atoms with E-state index in [4.69, 9.17) is 18.9 Å². The first-order valence-corrected chi connectivity index (χ1v) is 11.2. The third kappa shape index (κ3) is 2.05. The van der Waals surface area contributed by atoms with E-state index in [1.807, 2.05) is 14.0 Å². The molecule has 4 heterocycles. The van der Waals surface area contributed by atoms with Crippen LogP contribution in [0.4, 0.5) is 5.69 Å². The third-order valence-electron chi connectivity index (χ3n) is 8.38. The number of hydrogen-bond donors (Lipinski definition) is 1. The summed E-state index contributed by atoms with van der Waals surface area (Å²) < 4.78 is 23.1. The van der Waals surface area contributed by atoms with Crippen molar-refractivity contribution in [1.29, 1.82) is 0 Å². The predicted molar refractivity (Wildman–Crippen MR) is 112 cm³/mol. The van der Waals surface area contributed by atoms with Gasteiger partial charge in [0.25, 0.3) is 12.2 Å². The number of benzene rings is 1. The van der Waals surface area contributed by atoms with E-state index in [1.165, 1.54) is 19.1 Å². The molecule has 1 amide bonds. The number of anilines is 1. The minimum atomic E-state index is -1.87. The van der Waals surface area contributed by atoms with Crippen LogP contribution in [0.2, 0.25) is 0 Å². The van der Waals surface area contributed by atoms with Gasteiger partial charge in [0, 0.05) is 13.0 Å². The van der Waals surface area contributed by atoms with Crippen molar-refractivity contribution in [1.82, 2.24) is 4.90 Å². The molecule has 3 fully saturated rings. The van der Waals surface area contributed by atoms with Crippen LogP contribution in [-0.4, -0.2) is 80.3 Å². The van der Waals surface area contributed by atoms with Crippen LogP contribution in [0.25, 0.3) is 0 Å². The molecule has 1 aliphatic carbocycles. The van der Waals surface area contributed by atoms with Crippen molar-refractivity contribution >= 4 is 17.4 Å². The summed E-state index contributed by atoms with van der Waals surface area (Å²) in [4.78, 5) is 31.5. The Balaban J connectivity index is 1.70. The number of amides is 1. The Kier molecular flexibility index (Phi) is 4.11. The standard InChI is InChI=1S/C23H28N2O7/c1-11-15-12-7-9-24(2)10-8-22(18(15)26)13-5-6-14(29-3)17-16(13)25(20(27)21(30-4)32-17)23(22,28)19(12)31-11/h5-6,11-12,15,19,21,28H,7-10H2,1-4H3/t11-,12+,15+,19-,21+,22+,23+/m1/s1. The van der Waals surface area contributed by atoms with Crippen LogP contribution in [0, 0.1) is 11.8 Å². The van der Waals surface area contributed by atoms with Crippen molar-refractivity contribution in [2.45, 2.75) is 49.4 Å². The average molecular weight is 444 g/mol. The number of carbonyl (C=O) groups excluding carboxylic acids is 2. The zero-order chi connectivity index (χ0) is 22.6. The molecule has 6 rings (SSSR count). The second-order valence-corrected chi connectivity index (χ2v) is 9.64. The average Bonchev–Trinajstić information content (AvgIpc) is 3.23. The van der Waals surface area contributed by atoms with Crippen LogP contribution in [0.3, 0.4) is 0 Å². The van der Waals surface area contributed by atoms with Gasteiger partial charge >= 0.3 is 0 Å². The summed E-state index contributed by atoms with van der Waals surface area (Å²) in [6.07, 6.45) is -1.21. The van der Waals surface area contributed by atoms with Gasteiger partial charge in [0.15, 0.2) is 23.0 Å². The summed E-state index contributed by atoms with van der Waals surface area (Å²) in [5, 5.41) is 12.7. The molecule has 1 spiro atoms. The van der Waals surface area contributed by atoms with Crippen molar-refractivity contribution < 1.29 is 33.6 Å². The van der Waals surface area contributed by atoms with Crippen molar-refractivity contribution in [2.24, 2.45) is 11.8 Å². The molecular weight excluding hydrogens is 416 g/mol. The number of methoxy groups -OCH3 is 2. The van der Waals surface area contributed by atoms with Gasteiger partial charge in [-0.1, -0.05) is 6.07 Å². The van der Waals surface area contributed by atoms with Crippen molar-refractivity contribution in [3.8, 4) is 11.5 Å². The second-order valence-electron chi connectivity index (χ2n) is 9.64. The molecule has 1 aromatic rings. The normalized spacial score (nSPS) is 42.2. The zero-order valence-corrected chi connectivity index (χ0v) is 18.7. The quantitative estimate of drug-likeness (QED) is 0.711. The molecule has 7 atom stereocenters. The highest BCUT2D eigenvalue weighted by atomic mass is 16.7. The molecule has 1 aromatic carbocycles. The van der Waals surface area contributed by atoms with Crippen molar-refractivity contribution in [3.63, 3.8) is 0 Å². The first-order valence-electron chi connectivity index (χ1n) is 11.2. The van der Waals surface area contributed by atoms with Crippen LogP contribution in [0.15, 0.2) is 12.1 Å². The van der Waals surface area contributed by atoms with Gasteiger partial charge in [-0.3, -0.25) is 14.5 Å². The molecule has 32 heavy (non-hydrogen) atoms. The number of fused-ring (bicyclic) bond motifs is 2. The van der Waals surface area contributed by atoms with E-state index in [0.29, 0.717) is 42.1 Å². The molecule has 9 nitrogen and oxygen atoms in total. The Hall–Kier alpha value is -2.20. The Labute approximate surface area is 186 Å². The summed E-state index contributed by atoms with van der Waals surface area (Å²) in [5.41, 5.74) is -2.20. The summed E-state index contributed by atoms with van der Waals surface area (Å²) in [6, 6.07) is 3.53.